The minimum Gasteiger partial charge on any atom is -0.493 e. The van der Waals surface area contributed by atoms with Crippen LogP contribution in [0, 0.1) is 12.8 Å². The Morgan fingerprint density at radius 3 is 2.86 bits per heavy atom. The van der Waals surface area contributed by atoms with Crippen LogP contribution >= 0.6 is 0 Å². The lowest BCUT2D eigenvalue weighted by atomic mass is 9.89. The predicted molar refractivity (Wildman–Crippen MR) is 140 cm³/mol. The molecule has 2 aliphatic rings. The number of allylic oxidation sites excluding steroid dienone is 4. The van der Waals surface area contributed by atoms with Gasteiger partial charge in [-0.15, -0.1) is 0 Å². The van der Waals surface area contributed by atoms with Gasteiger partial charge in [0.1, 0.15) is 11.5 Å². The van der Waals surface area contributed by atoms with E-state index in [-0.39, 0.29) is 11.9 Å². The first-order valence-corrected chi connectivity index (χ1v) is 13.0. The molecule has 35 heavy (non-hydrogen) atoms. The molecule has 1 atom stereocenters. The Kier molecular flexibility index (Phi) is 8.62. The summed E-state index contributed by atoms with van der Waals surface area (Å²) in [5.74, 6) is 3.08. The smallest absolute Gasteiger partial charge is 0.247 e. The first kappa shape index (κ1) is 25.0. The average Bonchev–Trinajstić information content (AvgIpc) is 3.23. The minimum atomic E-state index is 0.0151. The maximum atomic E-state index is 12.6. The van der Waals surface area contributed by atoms with Crippen LogP contribution in [-0.2, 0) is 17.6 Å². The van der Waals surface area contributed by atoms with Crippen molar-refractivity contribution >= 4 is 12.0 Å². The second-order valence-electron chi connectivity index (χ2n) is 9.61. The van der Waals surface area contributed by atoms with E-state index in [1.54, 1.807) is 12.2 Å². The molecule has 186 valence electrons. The number of carbonyl (C=O) groups is 1. The van der Waals surface area contributed by atoms with Gasteiger partial charge in [0.2, 0.25) is 11.8 Å². The molecule has 1 unspecified atom stereocenters. The Labute approximate surface area is 209 Å². The fraction of sp³-hybridized carbons (Fsp3) is 0.467. The van der Waals surface area contributed by atoms with Crippen LogP contribution in [0.5, 0.6) is 5.75 Å². The lowest BCUT2D eigenvalue weighted by Crippen LogP contribution is -2.37. The summed E-state index contributed by atoms with van der Waals surface area (Å²) in [5, 5.41) is 0. The molecule has 5 nitrogen and oxygen atoms in total. The van der Waals surface area contributed by atoms with Crippen LogP contribution in [0.2, 0.25) is 0 Å². The first-order valence-electron chi connectivity index (χ1n) is 13.0. The van der Waals surface area contributed by atoms with Gasteiger partial charge in [-0.05, 0) is 75.3 Å². The number of nitrogens with zero attached hydrogens (tertiary/aromatic N) is 2. The molecule has 0 saturated heterocycles. The summed E-state index contributed by atoms with van der Waals surface area (Å²) in [6.45, 7) is 7.26. The van der Waals surface area contributed by atoms with E-state index >= 15 is 0 Å². The summed E-state index contributed by atoms with van der Waals surface area (Å²) in [4.78, 5) is 19.2. The Balaban J connectivity index is 1.34. The number of oxazole rings is 1. The van der Waals surface area contributed by atoms with Crippen molar-refractivity contribution < 1.29 is 13.9 Å². The number of carbonyl (C=O) groups excluding carboxylic acids is 1. The number of fused-ring (bicyclic) bond motifs is 1. The largest absolute Gasteiger partial charge is 0.493 e. The van der Waals surface area contributed by atoms with Crippen LogP contribution in [-0.4, -0.2) is 28.9 Å². The van der Waals surface area contributed by atoms with Crippen molar-refractivity contribution in [2.75, 3.05) is 13.2 Å². The molecular weight excluding hydrogens is 436 g/mol. The highest BCUT2D eigenvalue weighted by Gasteiger charge is 2.26. The van der Waals surface area contributed by atoms with Gasteiger partial charge in [0.15, 0.2) is 0 Å². The Hall–Kier alpha value is -3.08. The second kappa shape index (κ2) is 12.1. The van der Waals surface area contributed by atoms with Gasteiger partial charge >= 0.3 is 0 Å². The molecule has 5 heteroatoms. The van der Waals surface area contributed by atoms with E-state index in [0.29, 0.717) is 24.8 Å². The molecule has 1 aromatic heterocycles. The Morgan fingerprint density at radius 2 is 2.06 bits per heavy atom. The summed E-state index contributed by atoms with van der Waals surface area (Å²) in [6, 6.07) is 6.27. The number of benzene rings is 1. The molecule has 1 fully saturated rings. The molecule has 1 aliphatic heterocycles. The molecule has 1 aromatic carbocycles. The third-order valence-corrected chi connectivity index (χ3v) is 7.16. The third kappa shape index (κ3) is 6.53. The highest BCUT2D eigenvalue weighted by molar-refractivity contribution is 5.88. The molecule has 0 bridgehead atoms. The van der Waals surface area contributed by atoms with Crippen molar-refractivity contribution in [2.45, 2.75) is 71.8 Å². The Bertz CT molecular complexity index is 1090. The van der Waals surface area contributed by atoms with E-state index in [2.05, 4.69) is 30.1 Å². The molecule has 2 aromatic rings. The van der Waals surface area contributed by atoms with Gasteiger partial charge in [0, 0.05) is 19.0 Å². The monoisotopic (exact) mass is 474 g/mol. The quantitative estimate of drug-likeness (QED) is 0.313. The molecule has 0 radical (unpaired) electrons. The Morgan fingerprint density at radius 1 is 1.23 bits per heavy atom. The first-order chi connectivity index (χ1) is 17.0. The van der Waals surface area contributed by atoms with Gasteiger partial charge in [-0.1, -0.05) is 49.6 Å². The molecule has 4 rings (SSSR count). The van der Waals surface area contributed by atoms with Gasteiger partial charge in [-0.25, -0.2) is 4.98 Å². The van der Waals surface area contributed by atoms with Crippen LogP contribution in [0.1, 0.15) is 80.5 Å². The fourth-order valence-electron chi connectivity index (χ4n) is 5.09. The summed E-state index contributed by atoms with van der Waals surface area (Å²) in [5.41, 5.74) is 3.40. The lowest BCUT2D eigenvalue weighted by Gasteiger charge is -2.35. The number of ether oxygens (including phenoxy) is 1. The van der Waals surface area contributed by atoms with Gasteiger partial charge in [0.05, 0.1) is 18.3 Å². The molecule has 0 N–H and O–H groups in total. The van der Waals surface area contributed by atoms with Crippen molar-refractivity contribution in [1.82, 2.24) is 9.88 Å². The van der Waals surface area contributed by atoms with E-state index in [1.165, 1.54) is 37.7 Å². The number of amides is 1. The van der Waals surface area contributed by atoms with Gasteiger partial charge in [-0.2, -0.15) is 0 Å². The predicted octanol–water partition coefficient (Wildman–Crippen LogP) is 6.78. The van der Waals surface area contributed by atoms with Crippen molar-refractivity contribution in [1.29, 1.82) is 0 Å². The van der Waals surface area contributed by atoms with Gasteiger partial charge in [-0.3, -0.25) is 4.79 Å². The molecule has 1 saturated carbocycles. The van der Waals surface area contributed by atoms with Crippen LogP contribution in [0.4, 0.5) is 0 Å². The average molecular weight is 475 g/mol. The molecular formula is C30H38N2O3. The summed E-state index contributed by atoms with van der Waals surface area (Å²) in [7, 11) is 0. The van der Waals surface area contributed by atoms with Crippen LogP contribution in [0.25, 0.3) is 6.08 Å². The van der Waals surface area contributed by atoms with E-state index in [4.69, 9.17) is 9.15 Å². The van der Waals surface area contributed by atoms with Crippen LogP contribution < -0.4 is 4.74 Å². The fourth-order valence-corrected chi connectivity index (χ4v) is 5.09. The van der Waals surface area contributed by atoms with Crippen molar-refractivity contribution in [3.8, 4) is 5.75 Å². The van der Waals surface area contributed by atoms with E-state index < -0.39 is 0 Å². The van der Waals surface area contributed by atoms with E-state index in [9.17, 15) is 4.79 Å². The lowest BCUT2D eigenvalue weighted by molar-refractivity contribution is -0.128. The molecule has 0 spiro atoms. The number of hydrogen-bond acceptors (Lipinski definition) is 4. The SMILES string of the molecule is CC=CC=CC(=O)N1CCc2ccc(OCCc3nc(/C=C/C4CCCCC4)oc3C)cc2C1C. The number of aryl methyl sites for hydroxylation is 1. The number of hydrogen-bond donors (Lipinski definition) is 0. The van der Waals surface area contributed by atoms with Gasteiger partial charge < -0.3 is 14.1 Å². The zero-order valence-electron chi connectivity index (χ0n) is 21.3. The highest BCUT2D eigenvalue weighted by Crippen LogP contribution is 2.32. The van der Waals surface area contributed by atoms with E-state index in [0.717, 1.165) is 35.7 Å². The standard InChI is InChI=1S/C30H38N2O3/c1-4-5-7-12-30(33)32-19-17-25-14-15-26(21-27(25)22(32)2)34-20-18-28-23(3)35-29(31-28)16-13-24-10-8-6-9-11-24/h4-5,7,12-16,21-22,24H,6,8-11,17-20H2,1-3H3/b5-4?,12-7?,16-13+. The minimum absolute atomic E-state index is 0.0151. The topological polar surface area (TPSA) is 55.6 Å². The normalized spacial score (nSPS) is 19.2. The zero-order valence-corrected chi connectivity index (χ0v) is 21.3. The molecule has 2 heterocycles. The molecule has 1 aliphatic carbocycles. The van der Waals surface area contributed by atoms with Crippen LogP contribution in [0.15, 0.2) is 53.0 Å². The molecule has 1 amide bonds. The number of rotatable bonds is 8. The zero-order chi connectivity index (χ0) is 24.6. The van der Waals surface area contributed by atoms with Crippen molar-refractivity contribution in [3.63, 3.8) is 0 Å². The maximum absolute atomic E-state index is 12.6. The van der Waals surface area contributed by atoms with Crippen molar-refractivity contribution in [3.05, 3.63) is 77.1 Å². The highest BCUT2D eigenvalue weighted by atomic mass is 16.5. The van der Waals surface area contributed by atoms with Gasteiger partial charge in [0.25, 0.3) is 0 Å². The summed E-state index contributed by atoms with van der Waals surface area (Å²) in [6.07, 6.45) is 19.6. The van der Waals surface area contributed by atoms with Crippen molar-refractivity contribution in [2.24, 2.45) is 5.92 Å². The maximum Gasteiger partial charge on any atom is 0.247 e. The van der Waals surface area contributed by atoms with E-state index in [1.807, 2.05) is 43.0 Å². The second-order valence-corrected chi connectivity index (χ2v) is 9.61. The van der Waals surface area contributed by atoms with Crippen LogP contribution in [0.3, 0.4) is 0 Å². The number of aromatic nitrogens is 1. The summed E-state index contributed by atoms with van der Waals surface area (Å²) >= 11 is 0. The third-order valence-electron chi connectivity index (χ3n) is 7.16. The summed E-state index contributed by atoms with van der Waals surface area (Å²) < 4.78 is 12.0.